The first-order valence-corrected chi connectivity index (χ1v) is 5.75. The highest BCUT2D eigenvalue weighted by Gasteiger charge is 2.13. The zero-order valence-electron chi connectivity index (χ0n) is 7.83. The molecular weight excluding hydrogens is 312 g/mol. The number of hydrogen-bond donors (Lipinski definition) is 0. The average Bonchev–Trinajstić information content (AvgIpc) is 2.45. The summed E-state index contributed by atoms with van der Waals surface area (Å²) >= 11 is 8.19. The number of fused-ring (bicyclic) bond motifs is 1. The standard InChI is InChI=1S/C9H9ClIN3/c1-5(2)14-6-3-4-12-8(10)7(6)9(11)13-14/h3-5H,1-2H3. The molecule has 0 saturated carbocycles. The molecule has 2 rings (SSSR count). The first-order chi connectivity index (χ1) is 6.61. The molecule has 0 bridgehead atoms. The Morgan fingerprint density at radius 2 is 2.21 bits per heavy atom. The predicted octanol–water partition coefficient (Wildman–Crippen LogP) is 3.27. The molecule has 0 atom stereocenters. The van der Waals surface area contributed by atoms with E-state index in [-0.39, 0.29) is 0 Å². The minimum Gasteiger partial charge on any atom is -0.261 e. The Morgan fingerprint density at radius 3 is 2.86 bits per heavy atom. The Bertz CT molecular complexity index is 478. The highest BCUT2D eigenvalue weighted by Crippen LogP contribution is 2.27. The van der Waals surface area contributed by atoms with Crippen molar-refractivity contribution >= 4 is 45.1 Å². The van der Waals surface area contributed by atoms with Crippen LogP contribution in [0.3, 0.4) is 0 Å². The maximum atomic E-state index is 6.01. The van der Waals surface area contributed by atoms with Crippen LogP contribution in [0.4, 0.5) is 0 Å². The van der Waals surface area contributed by atoms with Crippen molar-refractivity contribution in [2.45, 2.75) is 19.9 Å². The Hall–Kier alpha value is -0.360. The van der Waals surface area contributed by atoms with E-state index in [9.17, 15) is 0 Å². The Morgan fingerprint density at radius 1 is 1.50 bits per heavy atom. The zero-order chi connectivity index (χ0) is 10.3. The largest absolute Gasteiger partial charge is 0.261 e. The molecule has 5 heteroatoms. The van der Waals surface area contributed by atoms with Gasteiger partial charge >= 0.3 is 0 Å². The third-order valence-electron chi connectivity index (χ3n) is 2.02. The number of halogens is 2. The molecule has 2 aromatic rings. The molecule has 2 aromatic heterocycles. The lowest BCUT2D eigenvalue weighted by molar-refractivity contribution is 0.547. The predicted molar refractivity (Wildman–Crippen MR) is 65.6 cm³/mol. The monoisotopic (exact) mass is 321 g/mol. The molecule has 0 aliphatic rings. The average molecular weight is 322 g/mol. The van der Waals surface area contributed by atoms with Crippen LogP contribution in [0.1, 0.15) is 19.9 Å². The van der Waals surface area contributed by atoms with Gasteiger partial charge in [-0.15, -0.1) is 0 Å². The molecule has 0 saturated heterocycles. The molecule has 0 fully saturated rings. The molecule has 0 N–H and O–H groups in total. The van der Waals surface area contributed by atoms with Crippen LogP contribution in [0, 0.1) is 3.70 Å². The van der Waals surface area contributed by atoms with Gasteiger partial charge in [0.1, 0.15) is 8.85 Å². The van der Waals surface area contributed by atoms with E-state index in [1.165, 1.54) is 0 Å². The molecule has 0 unspecified atom stereocenters. The van der Waals surface area contributed by atoms with Crippen LogP contribution in [0.2, 0.25) is 5.15 Å². The van der Waals surface area contributed by atoms with Crippen molar-refractivity contribution in [1.29, 1.82) is 0 Å². The van der Waals surface area contributed by atoms with Gasteiger partial charge in [0.05, 0.1) is 10.9 Å². The molecule has 3 nitrogen and oxygen atoms in total. The molecule has 0 radical (unpaired) electrons. The van der Waals surface area contributed by atoms with Gasteiger partial charge in [-0.25, -0.2) is 4.98 Å². The van der Waals surface area contributed by atoms with Crippen LogP contribution in [0.25, 0.3) is 10.9 Å². The van der Waals surface area contributed by atoms with Gasteiger partial charge in [0.25, 0.3) is 0 Å². The van der Waals surface area contributed by atoms with Crippen molar-refractivity contribution in [1.82, 2.24) is 14.8 Å². The molecule has 0 amide bonds. The van der Waals surface area contributed by atoms with Crippen molar-refractivity contribution in [2.24, 2.45) is 0 Å². The molecule has 0 aromatic carbocycles. The zero-order valence-corrected chi connectivity index (χ0v) is 10.7. The van der Waals surface area contributed by atoms with Crippen LogP contribution < -0.4 is 0 Å². The van der Waals surface area contributed by atoms with Gasteiger partial charge < -0.3 is 0 Å². The summed E-state index contributed by atoms with van der Waals surface area (Å²) in [7, 11) is 0. The van der Waals surface area contributed by atoms with Gasteiger partial charge in [-0.3, -0.25) is 4.68 Å². The van der Waals surface area contributed by atoms with E-state index in [4.69, 9.17) is 11.6 Å². The van der Waals surface area contributed by atoms with Gasteiger partial charge in [0, 0.05) is 12.2 Å². The number of hydrogen-bond acceptors (Lipinski definition) is 2. The Labute approximate surface area is 101 Å². The van der Waals surface area contributed by atoms with E-state index in [0.717, 1.165) is 14.6 Å². The molecule has 0 aliphatic heterocycles. The van der Waals surface area contributed by atoms with Crippen LogP contribution in [-0.4, -0.2) is 14.8 Å². The molecule has 2 heterocycles. The van der Waals surface area contributed by atoms with E-state index >= 15 is 0 Å². The van der Waals surface area contributed by atoms with Gasteiger partial charge in [-0.2, -0.15) is 5.10 Å². The summed E-state index contributed by atoms with van der Waals surface area (Å²) in [6, 6.07) is 2.27. The summed E-state index contributed by atoms with van der Waals surface area (Å²) < 4.78 is 2.87. The number of aromatic nitrogens is 3. The highest BCUT2D eigenvalue weighted by molar-refractivity contribution is 14.1. The second kappa shape index (κ2) is 3.66. The first-order valence-electron chi connectivity index (χ1n) is 4.29. The molecular formula is C9H9ClIN3. The lowest BCUT2D eigenvalue weighted by Crippen LogP contribution is -2.02. The number of pyridine rings is 1. The first kappa shape index (κ1) is 10.2. The lowest BCUT2D eigenvalue weighted by Gasteiger charge is -2.06. The third kappa shape index (κ3) is 1.50. The second-order valence-electron chi connectivity index (χ2n) is 3.33. The minimum absolute atomic E-state index is 0.333. The molecule has 14 heavy (non-hydrogen) atoms. The molecule has 74 valence electrons. The Balaban J connectivity index is 2.84. The molecule has 0 spiro atoms. The summed E-state index contributed by atoms with van der Waals surface area (Å²) in [5, 5.41) is 5.90. The van der Waals surface area contributed by atoms with E-state index in [1.54, 1.807) is 6.20 Å². The van der Waals surface area contributed by atoms with Crippen LogP contribution in [0.15, 0.2) is 12.3 Å². The van der Waals surface area contributed by atoms with Gasteiger partial charge in [0.2, 0.25) is 0 Å². The maximum Gasteiger partial charge on any atom is 0.141 e. The summed E-state index contributed by atoms with van der Waals surface area (Å²) in [5.41, 5.74) is 1.05. The highest BCUT2D eigenvalue weighted by atomic mass is 127. The van der Waals surface area contributed by atoms with Crippen molar-refractivity contribution in [3.8, 4) is 0 Å². The van der Waals surface area contributed by atoms with Crippen LogP contribution >= 0.6 is 34.2 Å². The molecule has 0 aliphatic carbocycles. The summed E-state index contributed by atoms with van der Waals surface area (Å²) in [5.74, 6) is 0. The maximum absolute atomic E-state index is 6.01. The fourth-order valence-electron chi connectivity index (χ4n) is 1.40. The van der Waals surface area contributed by atoms with E-state index < -0.39 is 0 Å². The van der Waals surface area contributed by atoms with Crippen molar-refractivity contribution in [3.63, 3.8) is 0 Å². The topological polar surface area (TPSA) is 30.7 Å². The SMILES string of the molecule is CC(C)n1nc(I)c2c(Cl)nccc21. The van der Waals surface area contributed by atoms with E-state index in [0.29, 0.717) is 11.2 Å². The van der Waals surface area contributed by atoms with Crippen molar-refractivity contribution in [2.75, 3.05) is 0 Å². The smallest absolute Gasteiger partial charge is 0.141 e. The van der Waals surface area contributed by atoms with Crippen molar-refractivity contribution < 1.29 is 0 Å². The van der Waals surface area contributed by atoms with E-state index in [1.807, 2.05) is 10.7 Å². The summed E-state index contributed by atoms with van der Waals surface area (Å²) in [6.45, 7) is 4.19. The fourth-order valence-corrected chi connectivity index (χ4v) is 2.57. The van der Waals surface area contributed by atoms with Gasteiger partial charge in [-0.05, 0) is 42.5 Å². The van der Waals surface area contributed by atoms with Gasteiger partial charge in [0.15, 0.2) is 0 Å². The quantitative estimate of drug-likeness (QED) is 0.596. The lowest BCUT2D eigenvalue weighted by atomic mass is 10.3. The van der Waals surface area contributed by atoms with Crippen LogP contribution in [0.5, 0.6) is 0 Å². The normalized spacial score (nSPS) is 11.5. The van der Waals surface area contributed by atoms with E-state index in [2.05, 4.69) is 46.5 Å². The van der Waals surface area contributed by atoms with Crippen molar-refractivity contribution in [3.05, 3.63) is 21.1 Å². The van der Waals surface area contributed by atoms with Gasteiger partial charge in [-0.1, -0.05) is 11.6 Å². The summed E-state index contributed by atoms with van der Waals surface area (Å²) in [6.07, 6.45) is 1.71. The third-order valence-corrected chi connectivity index (χ3v) is 3.06. The fraction of sp³-hybridized carbons (Fsp3) is 0.333. The Kier molecular flexibility index (Phi) is 2.66. The second-order valence-corrected chi connectivity index (χ2v) is 4.70. The van der Waals surface area contributed by atoms with Crippen LogP contribution in [-0.2, 0) is 0 Å². The number of nitrogens with zero attached hydrogens (tertiary/aromatic N) is 3. The summed E-state index contributed by atoms with van der Waals surface area (Å²) in [4.78, 5) is 4.05. The minimum atomic E-state index is 0.333. The number of rotatable bonds is 1.